The zero-order valence-corrected chi connectivity index (χ0v) is 18.3. The van der Waals surface area contributed by atoms with Gasteiger partial charge >= 0.3 is 0 Å². The molecule has 1 heterocycles. The lowest BCUT2D eigenvalue weighted by atomic mass is 9.64. The van der Waals surface area contributed by atoms with Gasteiger partial charge in [-0.2, -0.15) is 0 Å². The minimum atomic E-state index is -0.641. The number of hydrogen-bond acceptors (Lipinski definition) is 3. The summed E-state index contributed by atoms with van der Waals surface area (Å²) in [5, 5.41) is 7.01. The van der Waals surface area contributed by atoms with Crippen molar-refractivity contribution in [2.75, 3.05) is 0 Å². The summed E-state index contributed by atoms with van der Waals surface area (Å²) in [4.78, 5) is 26.0. The van der Waals surface area contributed by atoms with Crippen LogP contribution in [-0.4, -0.2) is 33.6 Å². The molecule has 0 aromatic heterocycles. The maximum absolute atomic E-state index is 13.5. The van der Waals surface area contributed by atoms with Gasteiger partial charge in [-0.05, 0) is 58.8 Å². The van der Waals surface area contributed by atoms with Crippen molar-refractivity contribution in [1.29, 1.82) is 0 Å². The molecule has 1 saturated heterocycles. The van der Waals surface area contributed by atoms with Gasteiger partial charge in [0.25, 0.3) is 0 Å². The smallest absolute Gasteiger partial charge is 0.228 e. The van der Waals surface area contributed by atoms with Crippen LogP contribution >= 0.6 is 15.9 Å². The molecule has 142 valence electrons. The first-order valence-corrected chi connectivity index (χ1v) is 10.4. The number of Topliss-reactive ketones (excluding diaryl/α,β-unsaturated/α-hetero) is 1. The van der Waals surface area contributed by atoms with E-state index in [0.717, 1.165) is 25.7 Å². The molecule has 0 aromatic rings. The van der Waals surface area contributed by atoms with E-state index < -0.39 is 10.8 Å². The summed E-state index contributed by atoms with van der Waals surface area (Å²) in [5.74, 6) is 0.261. The van der Waals surface area contributed by atoms with Gasteiger partial charge in [0.1, 0.15) is 0 Å². The zero-order valence-electron chi connectivity index (χ0n) is 16.7. The molecule has 3 aliphatic rings. The van der Waals surface area contributed by atoms with Crippen LogP contribution in [-0.2, 0) is 9.59 Å². The van der Waals surface area contributed by atoms with Gasteiger partial charge in [0, 0.05) is 22.5 Å². The molecule has 0 radical (unpaired) electrons. The third-order valence-corrected chi connectivity index (χ3v) is 8.85. The molecule has 1 amide bonds. The molecule has 4 nitrogen and oxygen atoms in total. The monoisotopic (exact) mass is 412 g/mol. The predicted molar refractivity (Wildman–Crippen MR) is 104 cm³/mol. The molecule has 3 atom stereocenters. The highest BCUT2D eigenvalue weighted by molar-refractivity contribution is 9.10. The highest BCUT2D eigenvalue weighted by Crippen LogP contribution is 2.72. The molecule has 2 saturated carbocycles. The molecule has 5 heteroatoms. The fraction of sp³-hybridized carbons (Fsp3) is 0.900. The number of hydrogen-bond donors (Lipinski definition) is 2. The maximum Gasteiger partial charge on any atom is 0.228 e. The van der Waals surface area contributed by atoms with Gasteiger partial charge in [0.2, 0.25) is 5.91 Å². The van der Waals surface area contributed by atoms with Crippen LogP contribution in [0, 0.1) is 16.2 Å². The Bertz CT molecular complexity index is 611. The lowest BCUT2D eigenvalue weighted by Crippen LogP contribution is -2.63. The van der Waals surface area contributed by atoms with Gasteiger partial charge in [0.05, 0.1) is 10.2 Å². The van der Waals surface area contributed by atoms with E-state index in [0.29, 0.717) is 0 Å². The lowest BCUT2D eigenvalue weighted by Gasteiger charge is -2.48. The van der Waals surface area contributed by atoms with Crippen molar-refractivity contribution < 1.29 is 9.59 Å². The molecular weight excluding hydrogens is 380 g/mol. The minimum Gasteiger partial charge on any atom is -0.353 e. The van der Waals surface area contributed by atoms with E-state index in [1.807, 2.05) is 6.92 Å². The lowest BCUT2D eigenvalue weighted by molar-refractivity contribution is -0.137. The molecule has 2 aliphatic carbocycles. The number of carbonyl (C=O) groups excluding carboxylic acids is 2. The third-order valence-electron chi connectivity index (χ3n) is 7.65. The second kappa shape index (κ2) is 5.31. The number of nitrogens with one attached hydrogen (secondary N) is 2. The van der Waals surface area contributed by atoms with Crippen LogP contribution in [0.15, 0.2) is 0 Å². The molecule has 25 heavy (non-hydrogen) atoms. The number of fused-ring (bicyclic) bond motifs is 2. The first kappa shape index (κ1) is 19.3. The number of alkyl halides is 1. The van der Waals surface area contributed by atoms with Crippen molar-refractivity contribution >= 4 is 27.6 Å². The summed E-state index contributed by atoms with van der Waals surface area (Å²) in [6.07, 6.45) is 3.38. The van der Waals surface area contributed by atoms with Crippen LogP contribution in [0.25, 0.3) is 0 Å². The van der Waals surface area contributed by atoms with Gasteiger partial charge in [-0.15, -0.1) is 0 Å². The van der Waals surface area contributed by atoms with Crippen LogP contribution in [0.2, 0.25) is 0 Å². The molecule has 2 N–H and O–H groups in total. The standard InChI is InChI=1S/C20H33BrN2O2/c1-16(2)10-12(11-17(3,4)23-16)22-15(25)20-9-8-19(7,18(20,5)6)14(24)13(20)21/h12-13,23H,8-11H2,1-7H3,(H,22,25)/t13-,19+,20-/m1/s1. The Labute approximate surface area is 160 Å². The van der Waals surface area contributed by atoms with E-state index in [2.05, 4.69) is 68.1 Å². The van der Waals surface area contributed by atoms with E-state index in [-0.39, 0.29) is 39.1 Å². The van der Waals surface area contributed by atoms with Crippen molar-refractivity contribution in [3.63, 3.8) is 0 Å². The van der Waals surface area contributed by atoms with Gasteiger partial charge in [-0.25, -0.2) is 0 Å². The molecule has 0 aromatic carbocycles. The third kappa shape index (κ3) is 2.48. The SMILES string of the molecule is CC1(C)CC(NC(=O)[C@@]23CC[C@@](C)(C(=O)[C@H]2Br)C3(C)C)CC(C)(C)N1. The Balaban J connectivity index is 1.88. The van der Waals surface area contributed by atoms with Crippen LogP contribution in [0.5, 0.6) is 0 Å². The molecule has 0 unspecified atom stereocenters. The van der Waals surface area contributed by atoms with Gasteiger partial charge in [-0.3, -0.25) is 9.59 Å². The summed E-state index contributed by atoms with van der Waals surface area (Å²) in [5.41, 5.74) is -1.43. The van der Waals surface area contributed by atoms with Crippen molar-refractivity contribution in [2.45, 2.75) is 96.1 Å². The maximum atomic E-state index is 13.5. The zero-order chi connectivity index (χ0) is 19.1. The normalized spacial score (nSPS) is 41.8. The molecule has 2 bridgehead atoms. The average molecular weight is 413 g/mol. The predicted octanol–water partition coefficient (Wildman–Crippen LogP) is 3.57. The first-order chi connectivity index (χ1) is 11.2. The van der Waals surface area contributed by atoms with Crippen molar-refractivity contribution in [3.05, 3.63) is 0 Å². The molecule has 3 fully saturated rings. The highest BCUT2D eigenvalue weighted by atomic mass is 79.9. The molecule has 0 spiro atoms. The number of amides is 1. The Morgan fingerprint density at radius 2 is 1.56 bits per heavy atom. The first-order valence-electron chi connectivity index (χ1n) is 9.47. The fourth-order valence-electron chi connectivity index (χ4n) is 6.19. The van der Waals surface area contributed by atoms with Gasteiger partial charge in [0.15, 0.2) is 5.78 Å². The number of carbonyl (C=O) groups is 2. The highest BCUT2D eigenvalue weighted by Gasteiger charge is 2.76. The summed E-state index contributed by atoms with van der Waals surface area (Å²) in [6, 6.07) is 0.131. The molecular formula is C20H33BrN2O2. The Morgan fingerprint density at radius 3 is 2.00 bits per heavy atom. The topological polar surface area (TPSA) is 58.2 Å². The van der Waals surface area contributed by atoms with Crippen LogP contribution in [0.3, 0.4) is 0 Å². The van der Waals surface area contributed by atoms with Crippen molar-refractivity contribution in [1.82, 2.24) is 10.6 Å². The van der Waals surface area contributed by atoms with Crippen LogP contribution in [0.1, 0.15) is 74.1 Å². The van der Waals surface area contributed by atoms with E-state index >= 15 is 0 Å². The van der Waals surface area contributed by atoms with Crippen LogP contribution < -0.4 is 10.6 Å². The Kier molecular flexibility index (Phi) is 4.11. The van der Waals surface area contributed by atoms with E-state index in [4.69, 9.17) is 0 Å². The fourth-order valence-corrected chi connectivity index (χ4v) is 7.71. The second-order valence-corrected chi connectivity index (χ2v) is 11.5. The van der Waals surface area contributed by atoms with Crippen molar-refractivity contribution in [3.8, 4) is 0 Å². The van der Waals surface area contributed by atoms with E-state index in [9.17, 15) is 9.59 Å². The summed E-state index contributed by atoms with van der Waals surface area (Å²) < 4.78 is 0. The molecule has 1 aliphatic heterocycles. The Morgan fingerprint density at radius 1 is 1.04 bits per heavy atom. The van der Waals surface area contributed by atoms with Gasteiger partial charge < -0.3 is 10.6 Å². The van der Waals surface area contributed by atoms with Crippen molar-refractivity contribution in [2.24, 2.45) is 16.2 Å². The number of piperidine rings is 1. The number of ketones is 1. The number of rotatable bonds is 2. The van der Waals surface area contributed by atoms with Crippen LogP contribution in [0.4, 0.5) is 0 Å². The average Bonchev–Trinajstić information content (AvgIpc) is 2.67. The largest absolute Gasteiger partial charge is 0.353 e. The second-order valence-electron chi connectivity index (χ2n) is 10.6. The minimum absolute atomic E-state index is 0.0175. The van der Waals surface area contributed by atoms with E-state index in [1.165, 1.54) is 0 Å². The Hall–Kier alpha value is -0.420. The van der Waals surface area contributed by atoms with Gasteiger partial charge in [-0.1, -0.05) is 36.7 Å². The summed E-state index contributed by atoms with van der Waals surface area (Å²) in [7, 11) is 0. The van der Waals surface area contributed by atoms with E-state index in [1.54, 1.807) is 0 Å². The quantitative estimate of drug-likeness (QED) is 0.681. The summed E-state index contributed by atoms with van der Waals surface area (Å²) >= 11 is 3.62. The summed E-state index contributed by atoms with van der Waals surface area (Å²) in [6.45, 7) is 15.0. The number of halogens is 1. The molecule has 3 rings (SSSR count).